The number of halogens is 1. The van der Waals surface area contributed by atoms with E-state index >= 15 is 0 Å². The molecule has 0 unspecified atom stereocenters. The minimum absolute atomic E-state index is 0.139. The summed E-state index contributed by atoms with van der Waals surface area (Å²) in [5.41, 5.74) is -1.20. The summed E-state index contributed by atoms with van der Waals surface area (Å²) in [6.45, 7) is 0. The van der Waals surface area contributed by atoms with Crippen LogP contribution in [0.25, 0.3) is 0 Å². The minimum Gasteiger partial charge on any atom is -0.481 e. The number of ketones is 1. The molecule has 0 aliphatic carbocycles. The van der Waals surface area contributed by atoms with Crippen molar-refractivity contribution in [1.29, 1.82) is 0 Å². The third kappa shape index (κ3) is 2.83. The van der Waals surface area contributed by atoms with Gasteiger partial charge in [-0.15, -0.1) is 0 Å². The van der Waals surface area contributed by atoms with Crippen LogP contribution in [-0.2, 0) is 5.60 Å². The number of hydrogen-bond acceptors (Lipinski definition) is 5. The van der Waals surface area contributed by atoms with Crippen LogP contribution >= 0.6 is 11.6 Å². The summed E-state index contributed by atoms with van der Waals surface area (Å²) < 4.78 is 6.03. The highest BCUT2D eigenvalue weighted by Gasteiger charge is 2.52. The van der Waals surface area contributed by atoms with Gasteiger partial charge >= 0.3 is 0 Å². The summed E-state index contributed by atoms with van der Waals surface area (Å²) in [7, 11) is 0. The van der Waals surface area contributed by atoms with E-state index in [-0.39, 0.29) is 16.8 Å². The Labute approximate surface area is 165 Å². The van der Waals surface area contributed by atoms with Gasteiger partial charge in [0.2, 0.25) is 5.78 Å². The number of carbonyl (C=O) groups is 1. The van der Waals surface area contributed by atoms with Crippen molar-refractivity contribution in [3.63, 3.8) is 0 Å². The Morgan fingerprint density at radius 2 is 1.64 bits per heavy atom. The van der Waals surface area contributed by atoms with Gasteiger partial charge in [0, 0.05) is 17.2 Å². The number of rotatable bonds is 3. The van der Waals surface area contributed by atoms with Crippen LogP contribution in [0.1, 0.15) is 27.6 Å². The highest BCUT2D eigenvalue weighted by molar-refractivity contribution is 6.30. The molecule has 0 spiro atoms. The van der Waals surface area contributed by atoms with Gasteiger partial charge in [0.1, 0.15) is 5.75 Å². The van der Waals surface area contributed by atoms with Crippen LogP contribution in [0.2, 0.25) is 5.02 Å². The lowest BCUT2D eigenvalue weighted by atomic mass is 9.77. The number of benzene rings is 3. The van der Waals surface area contributed by atoms with Crippen molar-refractivity contribution in [2.45, 2.75) is 11.7 Å². The number of para-hydroxylation sites is 1. The van der Waals surface area contributed by atoms with Gasteiger partial charge in [0.05, 0.1) is 10.5 Å². The Balaban J connectivity index is 1.90. The second-order valence-electron chi connectivity index (χ2n) is 6.45. The summed E-state index contributed by atoms with van der Waals surface area (Å²) in [6.07, 6.45) is -1.05. The van der Waals surface area contributed by atoms with E-state index in [1.807, 2.05) is 0 Å². The molecule has 4 rings (SSSR count). The topological polar surface area (TPSA) is 89.7 Å². The molecule has 0 saturated heterocycles. The molecule has 2 atom stereocenters. The quantitative estimate of drug-likeness (QED) is 0.522. The molecular weight excluding hydrogens is 382 g/mol. The van der Waals surface area contributed by atoms with Gasteiger partial charge in [-0.3, -0.25) is 14.9 Å². The minimum atomic E-state index is -2.06. The predicted molar refractivity (Wildman–Crippen MR) is 103 cm³/mol. The SMILES string of the molecule is O=C1c2ccccc2O[C@H](c2ccc(Cl)cc2)[C@]1(O)c1ccc([N+](=O)[O-])cc1. The maximum atomic E-state index is 13.3. The maximum Gasteiger partial charge on any atom is 0.269 e. The van der Waals surface area contributed by atoms with E-state index in [1.54, 1.807) is 48.5 Å². The lowest BCUT2D eigenvalue weighted by molar-refractivity contribution is -0.384. The van der Waals surface area contributed by atoms with Gasteiger partial charge in [-0.25, -0.2) is 0 Å². The van der Waals surface area contributed by atoms with Crippen molar-refractivity contribution in [2.24, 2.45) is 0 Å². The summed E-state index contributed by atoms with van der Waals surface area (Å²) in [5, 5.41) is 23.1. The van der Waals surface area contributed by atoms with Crippen LogP contribution in [0.15, 0.2) is 72.8 Å². The molecule has 1 N–H and O–H groups in total. The molecule has 0 amide bonds. The van der Waals surface area contributed by atoms with Crippen LogP contribution < -0.4 is 4.74 Å². The standard InChI is InChI=1S/C21H14ClNO5/c22-15-9-5-13(6-10-15)20-21(25,14-7-11-16(12-8-14)23(26)27)19(24)17-3-1-2-4-18(17)28-20/h1-12,20,25H/t20-,21+/m1/s1. The summed E-state index contributed by atoms with van der Waals surface area (Å²) >= 11 is 5.96. The molecule has 1 heterocycles. The Hall–Kier alpha value is -3.22. The van der Waals surface area contributed by atoms with E-state index in [9.17, 15) is 20.0 Å². The van der Waals surface area contributed by atoms with E-state index < -0.39 is 22.4 Å². The number of nitrogens with zero attached hydrogens (tertiary/aromatic N) is 1. The van der Waals surface area contributed by atoms with Crippen LogP contribution in [-0.4, -0.2) is 15.8 Å². The number of non-ortho nitro benzene ring substituents is 1. The third-order valence-electron chi connectivity index (χ3n) is 4.79. The van der Waals surface area contributed by atoms with E-state index in [4.69, 9.17) is 16.3 Å². The number of nitro groups is 1. The lowest BCUT2D eigenvalue weighted by Gasteiger charge is -2.39. The zero-order valence-electron chi connectivity index (χ0n) is 14.4. The van der Waals surface area contributed by atoms with Gasteiger partial charge in [-0.1, -0.05) is 35.9 Å². The normalized spacial score (nSPS) is 20.9. The third-order valence-corrected chi connectivity index (χ3v) is 5.05. The van der Waals surface area contributed by atoms with Gasteiger partial charge in [-0.2, -0.15) is 0 Å². The van der Waals surface area contributed by atoms with Gasteiger partial charge in [0.25, 0.3) is 5.69 Å². The first-order valence-corrected chi connectivity index (χ1v) is 8.82. The summed E-state index contributed by atoms with van der Waals surface area (Å²) in [6, 6.07) is 18.5. The molecule has 7 heteroatoms. The molecule has 0 aromatic heterocycles. The molecule has 1 aliphatic heterocycles. The van der Waals surface area contributed by atoms with Gasteiger partial charge in [0.15, 0.2) is 11.7 Å². The zero-order chi connectivity index (χ0) is 19.9. The number of fused-ring (bicyclic) bond motifs is 1. The summed E-state index contributed by atoms with van der Waals surface area (Å²) in [4.78, 5) is 23.7. The Bertz CT molecular complexity index is 1060. The van der Waals surface area contributed by atoms with Gasteiger partial charge in [-0.05, 0) is 47.5 Å². The molecule has 140 valence electrons. The zero-order valence-corrected chi connectivity index (χ0v) is 15.2. The van der Waals surface area contributed by atoms with Crippen LogP contribution in [0, 0.1) is 10.1 Å². The van der Waals surface area contributed by atoms with Crippen molar-refractivity contribution in [3.05, 3.63) is 105 Å². The number of hydrogen-bond donors (Lipinski definition) is 1. The maximum absolute atomic E-state index is 13.3. The molecule has 6 nitrogen and oxygen atoms in total. The monoisotopic (exact) mass is 395 g/mol. The average molecular weight is 396 g/mol. The van der Waals surface area contributed by atoms with E-state index in [2.05, 4.69) is 0 Å². The van der Waals surface area contributed by atoms with Crippen molar-refractivity contribution in [1.82, 2.24) is 0 Å². The van der Waals surface area contributed by atoms with Crippen molar-refractivity contribution in [2.75, 3.05) is 0 Å². The molecule has 0 saturated carbocycles. The second kappa shape index (κ2) is 6.74. The Morgan fingerprint density at radius 1 is 1.00 bits per heavy atom. The number of ether oxygens (including phenoxy) is 1. The lowest BCUT2D eigenvalue weighted by Crippen LogP contribution is -2.47. The Morgan fingerprint density at radius 3 is 2.29 bits per heavy atom. The highest BCUT2D eigenvalue weighted by atomic mass is 35.5. The first-order valence-electron chi connectivity index (χ1n) is 8.44. The number of carbonyl (C=O) groups excluding carboxylic acids is 1. The molecule has 0 radical (unpaired) electrons. The fourth-order valence-electron chi connectivity index (χ4n) is 3.36. The van der Waals surface area contributed by atoms with Crippen LogP contribution in [0.3, 0.4) is 0 Å². The molecule has 3 aromatic carbocycles. The largest absolute Gasteiger partial charge is 0.481 e. The highest BCUT2D eigenvalue weighted by Crippen LogP contribution is 2.47. The average Bonchev–Trinajstić information content (AvgIpc) is 2.71. The van der Waals surface area contributed by atoms with E-state index in [1.165, 1.54) is 24.3 Å². The fourth-order valence-corrected chi connectivity index (χ4v) is 3.49. The van der Waals surface area contributed by atoms with E-state index in [0.717, 1.165) is 0 Å². The molecular formula is C21H14ClNO5. The molecule has 0 bridgehead atoms. The van der Waals surface area contributed by atoms with E-state index in [0.29, 0.717) is 16.3 Å². The molecule has 3 aromatic rings. The first kappa shape index (κ1) is 18.2. The molecule has 0 fully saturated rings. The second-order valence-corrected chi connectivity index (χ2v) is 6.88. The molecule has 28 heavy (non-hydrogen) atoms. The van der Waals surface area contributed by atoms with Crippen molar-refractivity contribution < 1.29 is 19.6 Å². The van der Waals surface area contributed by atoms with Gasteiger partial charge < -0.3 is 9.84 Å². The number of nitro benzene ring substituents is 1. The van der Waals surface area contributed by atoms with Crippen LogP contribution in [0.5, 0.6) is 5.75 Å². The number of Topliss-reactive ketones (excluding diaryl/α,β-unsaturated/α-hetero) is 1. The number of aliphatic hydroxyl groups is 1. The Kier molecular flexibility index (Phi) is 4.37. The smallest absolute Gasteiger partial charge is 0.269 e. The first-order chi connectivity index (χ1) is 13.4. The fraction of sp³-hybridized carbons (Fsp3) is 0.0952. The van der Waals surface area contributed by atoms with Crippen molar-refractivity contribution in [3.8, 4) is 5.75 Å². The van der Waals surface area contributed by atoms with Crippen molar-refractivity contribution >= 4 is 23.1 Å². The van der Waals surface area contributed by atoms with Crippen LogP contribution in [0.4, 0.5) is 5.69 Å². The summed E-state index contributed by atoms with van der Waals surface area (Å²) in [5.74, 6) is -0.179. The molecule has 1 aliphatic rings. The predicted octanol–water partition coefficient (Wildman–Crippen LogP) is 4.45.